The molecule has 8 heteroatoms. The van der Waals surface area contributed by atoms with E-state index in [0.29, 0.717) is 0 Å². The van der Waals surface area contributed by atoms with E-state index in [1.807, 2.05) is 0 Å². The molecule has 2 atom stereocenters. The van der Waals surface area contributed by atoms with Gasteiger partial charge in [0.1, 0.15) is 5.69 Å². The molecule has 1 aliphatic heterocycles. The van der Waals surface area contributed by atoms with Crippen molar-refractivity contribution in [3.05, 3.63) is 28.2 Å². The van der Waals surface area contributed by atoms with Crippen molar-refractivity contribution in [3.63, 3.8) is 0 Å². The molecule has 21 heavy (non-hydrogen) atoms. The third kappa shape index (κ3) is 3.31. The summed E-state index contributed by atoms with van der Waals surface area (Å²) in [5.74, 6) is -3.68. The third-order valence-corrected chi connectivity index (χ3v) is 3.91. The number of hydrogen-bond donors (Lipinski definition) is 2. The average Bonchev–Trinajstić information content (AvgIpc) is 2.75. The molecular weight excluding hydrogens is 350 g/mol. The second-order valence-corrected chi connectivity index (χ2v) is 5.92. The van der Waals surface area contributed by atoms with Crippen molar-refractivity contribution < 1.29 is 23.5 Å². The van der Waals surface area contributed by atoms with Crippen LogP contribution < -0.4 is 5.32 Å². The molecule has 5 nitrogen and oxygen atoms in total. The number of likely N-dealkylation sites (tertiary alicyclic amines) is 1. The SMILES string of the molecule is C[C@@H]1CN(C(=O)Nc2c(F)cc(Br)cc2F)C[C@H]1C(=O)O. The zero-order chi connectivity index (χ0) is 15.7. The highest BCUT2D eigenvalue weighted by atomic mass is 79.9. The number of benzene rings is 1. The summed E-state index contributed by atoms with van der Waals surface area (Å²) in [5.41, 5.74) is -0.547. The Morgan fingerprint density at radius 3 is 2.38 bits per heavy atom. The van der Waals surface area contributed by atoms with Crippen molar-refractivity contribution in [2.75, 3.05) is 18.4 Å². The van der Waals surface area contributed by atoms with Gasteiger partial charge in [-0.05, 0) is 18.1 Å². The molecule has 114 valence electrons. The van der Waals surface area contributed by atoms with Crippen molar-refractivity contribution in [3.8, 4) is 0 Å². The minimum atomic E-state index is -0.987. The van der Waals surface area contributed by atoms with E-state index in [2.05, 4.69) is 21.2 Å². The molecule has 1 aromatic carbocycles. The summed E-state index contributed by atoms with van der Waals surface area (Å²) >= 11 is 2.94. The second-order valence-electron chi connectivity index (χ2n) is 5.00. The van der Waals surface area contributed by atoms with Gasteiger partial charge in [-0.2, -0.15) is 0 Å². The molecule has 0 unspecified atom stereocenters. The number of amides is 2. The monoisotopic (exact) mass is 362 g/mol. The number of halogens is 3. The normalized spacial score (nSPS) is 21.4. The van der Waals surface area contributed by atoms with Gasteiger partial charge in [0.2, 0.25) is 0 Å². The van der Waals surface area contributed by atoms with E-state index < -0.39 is 35.2 Å². The van der Waals surface area contributed by atoms with E-state index in [1.165, 1.54) is 4.90 Å². The highest BCUT2D eigenvalue weighted by Crippen LogP contribution is 2.26. The fourth-order valence-corrected chi connectivity index (χ4v) is 2.70. The van der Waals surface area contributed by atoms with Crippen molar-refractivity contribution in [1.29, 1.82) is 0 Å². The van der Waals surface area contributed by atoms with E-state index in [9.17, 15) is 18.4 Å². The van der Waals surface area contributed by atoms with Gasteiger partial charge in [-0.3, -0.25) is 4.79 Å². The summed E-state index contributed by atoms with van der Waals surface area (Å²) in [4.78, 5) is 24.2. The zero-order valence-electron chi connectivity index (χ0n) is 11.1. The number of carboxylic acids is 1. The summed E-state index contributed by atoms with van der Waals surface area (Å²) in [7, 11) is 0. The van der Waals surface area contributed by atoms with Crippen LogP contribution >= 0.6 is 15.9 Å². The van der Waals surface area contributed by atoms with Crippen molar-refractivity contribution in [2.24, 2.45) is 11.8 Å². The van der Waals surface area contributed by atoms with Crippen LogP contribution in [-0.4, -0.2) is 35.1 Å². The predicted octanol–water partition coefficient (Wildman–Crippen LogP) is 2.91. The fraction of sp³-hybridized carbons (Fsp3) is 0.385. The molecule has 2 rings (SSSR count). The number of anilines is 1. The third-order valence-electron chi connectivity index (χ3n) is 3.46. The molecule has 2 amide bonds. The Morgan fingerprint density at radius 2 is 1.90 bits per heavy atom. The largest absolute Gasteiger partial charge is 0.481 e. The smallest absolute Gasteiger partial charge is 0.322 e. The number of hydrogen-bond acceptors (Lipinski definition) is 2. The number of carbonyl (C=O) groups excluding carboxylic acids is 1. The first-order valence-electron chi connectivity index (χ1n) is 6.23. The fourth-order valence-electron chi connectivity index (χ4n) is 2.30. The maximum absolute atomic E-state index is 13.6. The van der Waals surface area contributed by atoms with Gasteiger partial charge in [-0.1, -0.05) is 22.9 Å². The first kappa shape index (κ1) is 15.7. The van der Waals surface area contributed by atoms with Crippen LogP contribution in [-0.2, 0) is 4.79 Å². The van der Waals surface area contributed by atoms with Crippen LogP contribution in [0.25, 0.3) is 0 Å². The number of nitrogens with zero attached hydrogens (tertiary/aromatic N) is 1. The average molecular weight is 363 g/mol. The molecule has 0 spiro atoms. The van der Waals surface area contributed by atoms with Crippen molar-refractivity contribution >= 4 is 33.6 Å². The Kier molecular flexibility index (Phi) is 4.46. The minimum Gasteiger partial charge on any atom is -0.481 e. The van der Waals surface area contributed by atoms with Crippen LogP contribution in [0.5, 0.6) is 0 Å². The van der Waals surface area contributed by atoms with Gasteiger partial charge in [-0.25, -0.2) is 13.6 Å². The number of carbonyl (C=O) groups is 2. The lowest BCUT2D eigenvalue weighted by molar-refractivity contribution is -0.142. The van der Waals surface area contributed by atoms with Gasteiger partial charge in [0.05, 0.1) is 5.92 Å². The maximum atomic E-state index is 13.6. The number of nitrogens with one attached hydrogen (secondary N) is 1. The van der Waals surface area contributed by atoms with E-state index >= 15 is 0 Å². The van der Waals surface area contributed by atoms with Crippen LogP contribution in [0.3, 0.4) is 0 Å². The topological polar surface area (TPSA) is 69.6 Å². The van der Waals surface area contributed by atoms with Gasteiger partial charge in [0, 0.05) is 17.6 Å². The van der Waals surface area contributed by atoms with Gasteiger partial charge < -0.3 is 15.3 Å². The lowest BCUT2D eigenvalue weighted by Crippen LogP contribution is -2.34. The Morgan fingerprint density at radius 1 is 1.33 bits per heavy atom. The maximum Gasteiger partial charge on any atom is 0.322 e. The Bertz CT molecular complexity index is 574. The number of rotatable bonds is 2. The lowest BCUT2D eigenvalue weighted by Gasteiger charge is -2.17. The Balaban J connectivity index is 2.11. The molecule has 1 saturated heterocycles. The standard InChI is InChI=1S/C13H13BrF2N2O3/c1-6-4-18(5-8(6)12(19)20)13(21)17-11-9(15)2-7(14)3-10(11)16/h2-3,6,8H,4-5H2,1H3,(H,17,21)(H,19,20)/t6-,8-/m1/s1. The Labute approximate surface area is 128 Å². The lowest BCUT2D eigenvalue weighted by atomic mass is 9.99. The first-order chi connectivity index (χ1) is 9.79. The molecule has 0 aromatic heterocycles. The molecule has 1 aromatic rings. The molecule has 1 heterocycles. The molecule has 2 N–H and O–H groups in total. The molecule has 0 bridgehead atoms. The predicted molar refractivity (Wildman–Crippen MR) is 74.9 cm³/mol. The van der Waals surface area contributed by atoms with Crippen LogP contribution in [0.15, 0.2) is 16.6 Å². The summed E-state index contributed by atoms with van der Waals surface area (Å²) < 4.78 is 27.5. The molecule has 0 aliphatic carbocycles. The molecule has 1 fully saturated rings. The minimum absolute atomic E-state index is 0.0160. The summed E-state index contributed by atoms with van der Waals surface area (Å²) in [5, 5.41) is 11.2. The first-order valence-corrected chi connectivity index (χ1v) is 7.02. The van der Waals surface area contributed by atoms with Gasteiger partial charge in [-0.15, -0.1) is 0 Å². The summed E-state index contributed by atoms with van der Waals surface area (Å²) in [6.45, 7) is 1.96. The van der Waals surface area contributed by atoms with Gasteiger partial charge in [0.25, 0.3) is 0 Å². The summed E-state index contributed by atoms with van der Waals surface area (Å²) in [6.07, 6.45) is 0. The number of urea groups is 1. The zero-order valence-corrected chi connectivity index (χ0v) is 12.7. The molecular formula is C13H13BrF2N2O3. The highest BCUT2D eigenvalue weighted by Gasteiger charge is 2.37. The van der Waals surface area contributed by atoms with Crippen LogP contribution in [0.4, 0.5) is 19.3 Å². The van der Waals surface area contributed by atoms with E-state index in [1.54, 1.807) is 6.92 Å². The van der Waals surface area contributed by atoms with Gasteiger partial charge in [0.15, 0.2) is 11.6 Å². The van der Waals surface area contributed by atoms with Crippen LogP contribution in [0, 0.1) is 23.5 Å². The quantitative estimate of drug-likeness (QED) is 0.849. The molecule has 0 radical (unpaired) electrons. The van der Waals surface area contributed by atoms with Crippen LogP contribution in [0.2, 0.25) is 0 Å². The van der Waals surface area contributed by atoms with Crippen molar-refractivity contribution in [2.45, 2.75) is 6.92 Å². The molecule has 0 saturated carbocycles. The highest BCUT2D eigenvalue weighted by molar-refractivity contribution is 9.10. The van der Waals surface area contributed by atoms with E-state index in [4.69, 9.17) is 5.11 Å². The van der Waals surface area contributed by atoms with E-state index in [0.717, 1.165) is 12.1 Å². The number of carboxylic acid groups (broad SMARTS) is 1. The molecule has 1 aliphatic rings. The van der Waals surface area contributed by atoms with Gasteiger partial charge >= 0.3 is 12.0 Å². The second kappa shape index (κ2) is 5.97. The van der Waals surface area contributed by atoms with E-state index in [-0.39, 0.29) is 23.5 Å². The van der Waals surface area contributed by atoms with Crippen LogP contribution in [0.1, 0.15) is 6.92 Å². The Hall–Kier alpha value is -1.70. The van der Waals surface area contributed by atoms with Crippen molar-refractivity contribution in [1.82, 2.24) is 4.90 Å². The number of aliphatic carboxylic acids is 1. The summed E-state index contributed by atoms with van der Waals surface area (Å²) in [6, 6.07) is 1.35.